The molecule has 200 valence electrons. The number of nitrogens with zero attached hydrogens (tertiary/aromatic N) is 3. The summed E-state index contributed by atoms with van der Waals surface area (Å²) in [5.74, 6) is -0.144. The summed E-state index contributed by atoms with van der Waals surface area (Å²) in [5.41, 5.74) is 1.14. The van der Waals surface area contributed by atoms with Gasteiger partial charge < -0.3 is 25.5 Å². The Morgan fingerprint density at radius 1 is 1.38 bits per heavy atom. The van der Waals surface area contributed by atoms with Gasteiger partial charge in [0.2, 0.25) is 0 Å². The van der Waals surface area contributed by atoms with Gasteiger partial charge in [0.25, 0.3) is 5.91 Å². The summed E-state index contributed by atoms with van der Waals surface area (Å²) in [5, 5.41) is 22.2. The van der Waals surface area contributed by atoms with E-state index in [0.717, 1.165) is 13.0 Å². The summed E-state index contributed by atoms with van der Waals surface area (Å²) in [6.07, 6.45) is 5.44. The number of halogens is 2. The molecule has 10 heteroatoms. The Bertz CT molecular complexity index is 1140. The first-order chi connectivity index (χ1) is 17.7. The molecule has 1 amide bonds. The van der Waals surface area contributed by atoms with Crippen molar-refractivity contribution >= 4 is 29.4 Å². The molecule has 1 aromatic rings. The molecule has 37 heavy (non-hydrogen) atoms. The summed E-state index contributed by atoms with van der Waals surface area (Å²) in [4.78, 5) is 21.6. The highest BCUT2D eigenvalue weighted by atomic mass is 35.5. The molecule has 3 aliphatic rings. The minimum atomic E-state index is -0.486. The molecule has 3 aliphatic heterocycles. The zero-order chi connectivity index (χ0) is 26.7. The maximum atomic E-state index is 14.3. The standard InChI is InChI=1S/C27H35ClFN5O3/c1-4-8-34-16(3)24(35)11-19(34)10-20(5-2)37-25-9-18(29)6-7-21(25)27(36)33-14-22(23(30)15-33)26-31-12-17(28)13-32-26/h6-7,9,12-13,16,19-20,24,30-31,35H,4-5,8,10-11,14-15H2,1-3H3/b26-22+,30-23?/t16?,19?,20-,24?/m1/s1. The minimum Gasteiger partial charge on any atom is -0.489 e. The molecule has 1 aromatic carbocycles. The van der Waals surface area contributed by atoms with Crippen LogP contribution < -0.4 is 10.1 Å². The van der Waals surface area contributed by atoms with Gasteiger partial charge in [0, 0.05) is 36.1 Å². The molecule has 0 aromatic heterocycles. The maximum Gasteiger partial charge on any atom is 0.258 e. The van der Waals surface area contributed by atoms with Gasteiger partial charge in [0.1, 0.15) is 17.4 Å². The molecule has 2 fully saturated rings. The first kappa shape index (κ1) is 27.3. The van der Waals surface area contributed by atoms with Gasteiger partial charge in [0.15, 0.2) is 0 Å². The molecule has 3 N–H and O–H groups in total. The average Bonchev–Trinajstić information content (AvgIpc) is 3.38. The molecular formula is C27H35ClFN5O3. The van der Waals surface area contributed by atoms with Crippen molar-refractivity contribution in [2.45, 2.75) is 70.7 Å². The number of hydrogen-bond donors (Lipinski definition) is 3. The molecule has 8 nitrogen and oxygen atoms in total. The van der Waals surface area contributed by atoms with Crippen LogP contribution in [0.5, 0.6) is 5.75 Å². The third-order valence-electron chi connectivity index (χ3n) is 7.30. The Morgan fingerprint density at radius 2 is 2.16 bits per heavy atom. The fraction of sp³-hybridized carbons (Fsp3) is 0.519. The Morgan fingerprint density at radius 3 is 2.84 bits per heavy atom. The number of rotatable bonds is 8. The monoisotopic (exact) mass is 531 g/mol. The Balaban J connectivity index is 1.51. The van der Waals surface area contributed by atoms with Crippen LogP contribution in [0.3, 0.4) is 0 Å². The lowest BCUT2D eigenvalue weighted by atomic mass is 10.0. The number of carbonyl (C=O) groups is 1. The van der Waals surface area contributed by atoms with Gasteiger partial charge in [-0.2, -0.15) is 0 Å². The van der Waals surface area contributed by atoms with Crippen LogP contribution in [-0.4, -0.2) is 76.7 Å². The van der Waals surface area contributed by atoms with Crippen LogP contribution in [0.15, 0.2) is 45.8 Å². The molecule has 3 unspecified atom stereocenters. The molecule has 0 spiro atoms. The summed E-state index contributed by atoms with van der Waals surface area (Å²) in [6, 6.07) is 4.18. The van der Waals surface area contributed by atoms with Crippen LogP contribution in [0.25, 0.3) is 0 Å². The Hall–Kier alpha value is -2.75. The van der Waals surface area contributed by atoms with Gasteiger partial charge in [-0.25, -0.2) is 9.38 Å². The van der Waals surface area contributed by atoms with Crippen LogP contribution in [0.1, 0.15) is 56.8 Å². The van der Waals surface area contributed by atoms with Crippen molar-refractivity contribution in [3.05, 3.63) is 52.2 Å². The predicted molar refractivity (Wildman–Crippen MR) is 143 cm³/mol. The molecule has 3 heterocycles. The van der Waals surface area contributed by atoms with E-state index in [4.69, 9.17) is 21.7 Å². The van der Waals surface area contributed by atoms with Gasteiger partial charge in [-0.1, -0.05) is 25.4 Å². The van der Waals surface area contributed by atoms with Crippen LogP contribution in [0.4, 0.5) is 4.39 Å². The number of aliphatic hydroxyl groups excluding tert-OH is 1. The lowest BCUT2D eigenvalue weighted by molar-refractivity contribution is 0.0789. The van der Waals surface area contributed by atoms with E-state index in [9.17, 15) is 14.3 Å². The van der Waals surface area contributed by atoms with E-state index < -0.39 is 5.82 Å². The number of hydrogen-bond acceptors (Lipinski definition) is 7. The molecular weight excluding hydrogens is 497 g/mol. The van der Waals surface area contributed by atoms with Crippen LogP contribution in [0, 0.1) is 11.2 Å². The number of nitrogens with one attached hydrogen (secondary N) is 2. The smallest absolute Gasteiger partial charge is 0.258 e. The van der Waals surface area contributed by atoms with E-state index in [1.807, 2.05) is 13.8 Å². The second kappa shape index (κ2) is 11.8. The normalized spacial score (nSPS) is 26.9. The van der Waals surface area contributed by atoms with Crippen LogP contribution >= 0.6 is 11.6 Å². The summed E-state index contributed by atoms with van der Waals surface area (Å²) in [7, 11) is 0. The largest absolute Gasteiger partial charge is 0.489 e. The zero-order valence-electron chi connectivity index (χ0n) is 21.5. The summed E-state index contributed by atoms with van der Waals surface area (Å²) in [6.45, 7) is 7.37. The predicted octanol–water partition coefficient (Wildman–Crippen LogP) is 4.05. The fourth-order valence-corrected chi connectivity index (χ4v) is 5.36. The highest BCUT2D eigenvalue weighted by molar-refractivity contribution is 6.39. The number of benzene rings is 1. The van der Waals surface area contributed by atoms with Gasteiger partial charge >= 0.3 is 0 Å². The van der Waals surface area contributed by atoms with Crippen molar-refractivity contribution < 1.29 is 19.0 Å². The van der Waals surface area contributed by atoms with E-state index in [1.165, 1.54) is 29.3 Å². The third-order valence-corrected chi connectivity index (χ3v) is 7.51. The van der Waals surface area contributed by atoms with Crippen molar-refractivity contribution in [3.8, 4) is 5.75 Å². The summed E-state index contributed by atoms with van der Waals surface area (Å²) >= 11 is 5.91. The highest BCUT2D eigenvalue weighted by Gasteiger charge is 2.38. The number of amides is 1. The quantitative estimate of drug-likeness (QED) is 0.470. The number of aliphatic imine (C=N–C) groups is 1. The first-order valence-electron chi connectivity index (χ1n) is 12.9. The second-order valence-corrected chi connectivity index (χ2v) is 10.3. The van der Waals surface area contributed by atoms with Gasteiger partial charge in [-0.05, 0) is 51.3 Å². The van der Waals surface area contributed by atoms with Gasteiger partial charge in [0.05, 0.1) is 41.6 Å². The topological polar surface area (TPSA) is 101 Å². The maximum absolute atomic E-state index is 14.3. The van der Waals surface area contributed by atoms with E-state index in [-0.39, 0.29) is 60.3 Å². The number of allylic oxidation sites excluding steroid dienone is 1. The molecule has 0 aliphatic carbocycles. The SMILES string of the molecule is CCCN1C(C[C@@H](CC)Oc2cc(F)ccc2C(=O)N2CC(=N)/C(=C3/N=CC(Cl)=CN3)C2)CC(O)C1C. The van der Waals surface area contributed by atoms with Crippen molar-refractivity contribution in [2.75, 3.05) is 19.6 Å². The molecule has 0 bridgehead atoms. The molecule has 4 rings (SSSR count). The lowest BCUT2D eigenvalue weighted by Crippen LogP contribution is -2.39. The molecule has 0 radical (unpaired) electrons. The minimum absolute atomic E-state index is 0.0806. The van der Waals surface area contributed by atoms with Crippen LogP contribution in [0.2, 0.25) is 0 Å². The molecule has 0 saturated carbocycles. The number of carbonyl (C=O) groups excluding carboxylic acids is 1. The average molecular weight is 532 g/mol. The van der Waals surface area contributed by atoms with E-state index in [1.54, 1.807) is 6.20 Å². The van der Waals surface area contributed by atoms with E-state index in [0.29, 0.717) is 35.7 Å². The zero-order valence-corrected chi connectivity index (χ0v) is 22.3. The van der Waals surface area contributed by atoms with Gasteiger partial charge in [-0.15, -0.1) is 0 Å². The number of ether oxygens (including phenoxy) is 1. The Kier molecular flexibility index (Phi) is 8.67. The highest BCUT2D eigenvalue weighted by Crippen LogP contribution is 2.31. The number of aliphatic hydroxyl groups is 1. The second-order valence-electron chi connectivity index (χ2n) is 9.86. The van der Waals surface area contributed by atoms with Crippen molar-refractivity contribution in [1.29, 1.82) is 5.41 Å². The van der Waals surface area contributed by atoms with E-state index in [2.05, 4.69) is 22.1 Å². The molecule has 4 atom stereocenters. The lowest BCUT2D eigenvalue weighted by Gasteiger charge is -2.31. The van der Waals surface area contributed by atoms with Gasteiger partial charge in [-0.3, -0.25) is 9.69 Å². The summed E-state index contributed by atoms with van der Waals surface area (Å²) < 4.78 is 20.6. The third kappa shape index (κ3) is 6.05. The van der Waals surface area contributed by atoms with Crippen LogP contribution in [-0.2, 0) is 0 Å². The van der Waals surface area contributed by atoms with Crippen molar-refractivity contribution in [3.63, 3.8) is 0 Å². The van der Waals surface area contributed by atoms with Crippen molar-refractivity contribution in [2.24, 2.45) is 4.99 Å². The number of likely N-dealkylation sites (tertiary alicyclic amines) is 2. The first-order valence-corrected chi connectivity index (χ1v) is 13.3. The Labute approximate surface area is 222 Å². The molecule has 2 saturated heterocycles. The van der Waals surface area contributed by atoms with Crippen molar-refractivity contribution in [1.82, 2.24) is 15.1 Å². The van der Waals surface area contributed by atoms with E-state index >= 15 is 0 Å². The fourth-order valence-electron chi connectivity index (χ4n) is 5.26.